The van der Waals surface area contributed by atoms with Gasteiger partial charge in [0, 0.05) is 12.6 Å². The fourth-order valence-electron chi connectivity index (χ4n) is 2.98. The van der Waals surface area contributed by atoms with Crippen LogP contribution in [-0.4, -0.2) is 43.7 Å². The van der Waals surface area contributed by atoms with Crippen molar-refractivity contribution in [3.05, 3.63) is 0 Å². The van der Waals surface area contributed by atoms with Crippen molar-refractivity contribution in [3.63, 3.8) is 0 Å². The molecule has 0 amide bonds. The molecule has 2 aliphatic rings. The third-order valence-electron chi connectivity index (χ3n) is 4.17. The minimum absolute atomic E-state index is 0.0820. The van der Waals surface area contributed by atoms with E-state index in [9.17, 15) is 13.5 Å². The van der Waals surface area contributed by atoms with E-state index < -0.39 is 15.9 Å². The molecule has 2 unspecified atom stereocenters. The zero-order chi connectivity index (χ0) is 12.5. The highest BCUT2D eigenvalue weighted by Gasteiger charge is 2.37. The number of aliphatic hydroxyl groups is 1. The number of hydrogen-bond donors (Lipinski definition) is 2. The number of aliphatic hydroxyl groups excluding tert-OH is 1. The van der Waals surface area contributed by atoms with Crippen molar-refractivity contribution >= 4 is 9.84 Å². The van der Waals surface area contributed by atoms with Crippen molar-refractivity contribution in [3.8, 4) is 0 Å². The second-order valence-electron chi connectivity index (χ2n) is 6.00. The van der Waals surface area contributed by atoms with Crippen LogP contribution in [0.25, 0.3) is 0 Å². The van der Waals surface area contributed by atoms with Gasteiger partial charge in [-0.05, 0) is 18.3 Å². The van der Waals surface area contributed by atoms with Crippen LogP contribution in [0, 0.1) is 5.41 Å². The standard InChI is InChI=1S/C12H23NO3S/c1-12(5-3-2-4-6-12)9-13-10-7-17(15,16)8-11(10)14/h10-11,13-14H,2-9H2,1H3. The fourth-order valence-corrected chi connectivity index (χ4v) is 4.76. The Morgan fingerprint density at radius 3 is 2.41 bits per heavy atom. The summed E-state index contributed by atoms with van der Waals surface area (Å²) in [6.07, 6.45) is 5.53. The molecular weight excluding hydrogens is 238 g/mol. The zero-order valence-corrected chi connectivity index (χ0v) is 11.3. The number of hydrogen-bond acceptors (Lipinski definition) is 4. The van der Waals surface area contributed by atoms with Crippen molar-refractivity contribution < 1.29 is 13.5 Å². The highest BCUT2D eigenvalue weighted by Crippen LogP contribution is 2.35. The van der Waals surface area contributed by atoms with E-state index in [1.807, 2.05) is 0 Å². The Kier molecular flexibility index (Phi) is 3.80. The lowest BCUT2D eigenvalue weighted by atomic mass is 9.75. The molecule has 0 aromatic rings. The molecule has 1 aliphatic heterocycles. The summed E-state index contributed by atoms with van der Waals surface area (Å²) >= 11 is 0. The highest BCUT2D eigenvalue weighted by molar-refractivity contribution is 7.91. The largest absolute Gasteiger partial charge is 0.390 e. The molecule has 2 fully saturated rings. The molecule has 1 heterocycles. The van der Waals surface area contributed by atoms with Crippen LogP contribution in [0.2, 0.25) is 0 Å². The summed E-state index contributed by atoms with van der Waals surface area (Å²) in [6, 6.07) is -0.265. The van der Waals surface area contributed by atoms with E-state index in [2.05, 4.69) is 12.2 Å². The third-order valence-corrected chi connectivity index (χ3v) is 5.89. The molecule has 2 rings (SSSR count). The third kappa shape index (κ3) is 3.42. The Balaban J connectivity index is 1.86. The maximum atomic E-state index is 11.4. The maximum Gasteiger partial charge on any atom is 0.154 e. The molecule has 0 aromatic heterocycles. The Hall–Kier alpha value is -0.130. The molecular formula is C12H23NO3S. The van der Waals surface area contributed by atoms with Gasteiger partial charge in [-0.3, -0.25) is 0 Å². The molecule has 5 heteroatoms. The average molecular weight is 261 g/mol. The van der Waals surface area contributed by atoms with E-state index in [4.69, 9.17) is 0 Å². The molecule has 1 saturated carbocycles. The summed E-state index contributed by atoms with van der Waals surface area (Å²) < 4.78 is 22.8. The van der Waals surface area contributed by atoms with E-state index in [1.54, 1.807) is 0 Å². The smallest absolute Gasteiger partial charge is 0.154 e. The molecule has 2 atom stereocenters. The molecule has 0 aromatic carbocycles. The minimum Gasteiger partial charge on any atom is -0.390 e. The first-order valence-corrected chi connectivity index (χ1v) is 8.34. The molecule has 100 valence electrons. The van der Waals surface area contributed by atoms with Gasteiger partial charge in [-0.2, -0.15) is 0 Å². The normalized spacial score (nSPS) is 35.9. The van der Waals surface area contributed by atoms with Crippen LogP contribution in [-0.2, 0) is 9.84 Å². The Morgan fingerprint density at radius 2 is 1.88 bits per heavy atom. The number of rotatable bonds is 3. The van der Waals surface area contributed by atoms with Crippen molar-refractivity contribution in [2.75, 3.05) is 18.1 Å². The van der Waals surface area contributed by atoms with Gasteiger partial charge in [0.1, 0.15) is 0 Å². The SMILES string of the molecule is CC1(CNC2CS(=O)(=O)CC2O)CCCCC1. The average Bonchev–Trinajstić information content (AvgIpc) is 2.50. The minimum atomic E-state index is -3.03. The van der Waals surface area contributed by atoms with Crippen LogP contribution < -0.4 is 5.32 Å². The van der Waals surface area contributed by atoms with Crippen LogP contribution in [0.5, 0.6) is 0 Å². The van der Waals surface area contributed by atoms with E-state index in [0.717, 1.165) is 6.54 Å². The van der Waals surface area contributed by atoms with E-state index >= 15 is 0 Å². The van der Waals surface area contributed by atoms with Gasteiger partial charge in [0.05, 0.1) is 17.6 Å². The monoisotopic (exact) mass is 261 g/mol. The first-order chi connectivity index (χ1) is 7.90. The molecule has 17 heavy (non-hydrogen) atoms. The summed E-state index contributed by atoms with van der Waals surface area (Å²) in [5, 5.41) is 13.0. The molecule has 0 spiro atoms. The zero-order valence-electron chi connectivity index (χ0n) is 10.5. The topological polar surface area (TPSA) is 66.4 Å². The summed E-state index contributed by atoms with van der Waals surface area (Å²) in [6.45, 7) is 3.08. The fraction of sp³-hybridized carbons (Fsp3) is 1.00. The van der Waals surface area contributed by atoms with Gasteiger partial charge in [-0.15, -0.1) is 0 Å². The van der Waals surface area contributed by atoms with Crippen molar-refractivity contribution in [2.24, 2.45) is 5.41 Å². The van der Waals surface area contributed by atoms with E-state index in [0.29, 0.717) is 0 Å². The van der Waals surface area contributed by atoms with Crippen molar-refractivity contribution in [1.29, 1.82) is 0 Å². The number of sulfone groups is 1. The Bertz CT molecular complexity index is 360. The van der Waals surface area contributed by atoms with E-state index in [-0.39, 0.29) is 23.0 Å². The summed E-state index contributed by atoms with van der Waals surface area (Å²) in [5.74, 6) is 0.00558. The summed E-state index contributed by atoms with van der Waals surface area (Å²) in [7, 11) is -3.03. The summed E-state index contributed by atoms with van der Waals surface area (Å²) in [4.78, 5) is 0. The first kappa shape index (κ1) is 13.3. The van der Waals surface area contributed by atoms with Crippen molar-refractivity contribution in [1.82, 2.24) is 5.32 Å². The van der Waals surface area contributed by atoms with Gasteiger partial charge in [-0.1, -0.05) is 26.2 Å². The van der Waals surface area contributed by atoms with Crippen LogP contribution in [0.3, 0.4) is 0 Å². The lowest BCUT2D eigenvalue weighted by Crippen LogP contribution is -2.44. The Labute approximate surface area is 104 Å². The van der Waals surface area contributed by atoms with Gasteiger partial charge < -0.3 is 10.4 Å². The van der Waals surface area contributed by atoms with E-state index in [1.165, 1.54) is 32.1 Å². The van der Waals surface area contributed by atoms with Crippen LogP contribution >= 0.6 is 0 Å². The van der Waals surface area contributed by atoms with Gasteiger partial charge >= 0.3 is 0 Å². The molecule has 0 bridgehead atoms. The van der Waals surface area contributed by atoms with Gasteiger partial charge in [0.15, 0.2) is 9.84 Å². The summed E-state index contributed by atoms with van der Waals surface area (Å²) in [5.41, 5.74) is 0.282. The molecule has 1 aliphatic carbocycles. The second kappa shape index (κ2) is 4.86. The highest BCUT2D eigenvalue weighted by atomic mass is 32.2. The molecule has 4 nitrogen and oxygen atoms in total. The molecule has 1 saturated heterocycles. The maximum absolute atomic E-state index is 11.4. The van der Waals surface area contributed by atoms with Gasteiger partial charge in [-0.25, -0.2) is 8.42 Å². The first-order valence-electron chi connectivity index (χ1n) is 6.52. The molecule has 0 radical (unpaired) electrons. The predicted molar refractivity (Wildman–Crippen MR) is 67.6 cm³/mol. The predicted octanol–water partition coefficient (Wildman–Crippen LogP) is 0.704. The van der Waals surface area contributed by atoms with Crippen LogP contribution in [0.1, 0.15) is 39.0 Å². The second-order valence-corrected chi connectivity index (χ2v) is 8.16. The van der Waals surface area contributed by atoms with Crippen molar-refractivity contribution in [2.45, 2.75) is 51.2 Å². The Morgan fingerprint density at radius 1 is 1.24 bits per heavy atom. The van der Waals surface area contributed by atoms with Gasteiger partial charge in [0.25, 0.3) is 0 Å². The van der Waals surface area contributed by atoms with Crippen LogP contribution in [0.15, 0.2) is 0 Å². The lowest BCUT2D eigenvalue weighted by molar-refractivity contribution is 0.143. The number of nitrogens with one attached hydrogen (secondary N) is 1. The van der Waals surface area contributed by atoms with Gasteiger partial charge in [0.2, 0.25) is 0 Å². The lowest BCUT2D eigenvalue weighted by Gasteiger charge is -2.35. The molecule has 2 N–H and O–H groups in total. The quantitative estimate of drug-likeness (QED) is 0.785. The van der Waals surface area contributed by atoms with Crippen LogP contribution in [0.4, 0.5) is 0 Å².